The van der Waals surface area contributed by atoms with Crippen molar-refractivity contribution >= 4 is 12.4 Å². The lowest BCUT2D eigenvalue weighted by Gasteiger charge is -2.05. The minimum atomic E-state index is -4.34. The number of nitrogens with two attached hydrogens (primary N) is 1. The topological polar surface area (TPSA) is 39.2 Å². The van der Waals surface area contributed by atoms with Crippen molar-refractivity contribution < 1.29 is 17.6 Å². The zero-order valence-electron chi connectivity index (χ0n) is 7.52. The van der Waals surface area contributed by atoms with Crippen LogP contribution in [-0.4, -0.2) is 6.54 Å². The number of hydrogen-bond acceptors (Lipinski definition) is 2. The number of halogens is 4. The van der Waals surface area contributed by atoms with Gasteiger partial charge in [0.05, 0.1) is 5.56 Å². The molecule has 0 aliphatic heterocycles. The van der Waals surface area contributed by atoms with Crippen molar-refractivity contribution in [2.75, 3.05) is 6.54 Å². The molecular weight excluding hydrogens is 219 g/mol. The highest BCUT2D eigenvalue weighted by Gasteiger charge is 2.35. The second-order valence-corrected chi connectivity index (χ2v) is 2.72. The Bertz CT molecular complexity index is 295. The highest BCUT2D eigenvalue weighted by Crippen LogP contribution is 2.34. The number of furan rings is 1. The van der Waals surface area contributed by atoms with Crippen molar-refractivity contribution in [3.8, 4) is 0 Å². The van der Waals surface area contributed by atoms with Gasteiger partial charge in [-0.3, -0.25) is 0 Å². The molecule has 14 heavy (non-hydrogen) atoms. The van der Waals surface area contributed by atoms with Crippen molar-refractivity contribution in [1.82, 2.24) is 0 Å². The molecule has 82 valence electrons. The van der Waals surface area contributed by atoms with E-state index < -0.39 is 11.7 Å². The van der Waals surface area contributed by atoms with Gasteiger partial charge in [-0.2, -0.15) is 13.2 Å². The van der Waals surface area contributed by atoms with Gasteiger partial charge in [-0.05, 0) is 19.9 Å². The van der Waals surface area contributed by atoms with Crippen LogP contribution in [0.15, 0.2) is 10.7 Å². The van der Waals surface area contributed by atoms with E-state index in [-0.39, 0.29) is 36.7 Å². The third-order valence-electron chi connectivity index (χ3n) is 1.80. The lowest BCUT2D eigenvalue weighted by atomic mass is 10.1. The molecule has 0 saturated carbocycles. The first-order valence-corrected chi connectivity index (χ1v) is 3.81. The summed E-state index contributed by atoms with van der Waals surface area (Å²) in [6.45, 7) is 1.68. The first-order valence-electron chi connectivity index (χ1n) is 3.81. The largest absolute Gasteiger partial charge is 0.469 e. The molecule has 0 unspecified atom stereocenters. The van der Waals surface area contributed by atoms with Crippen LogP contribution in [0.4, 0.5) is 13.2 Å². The normalized spacial score (nSPS) is 11.2. The molecule has 1 heterocycles. The molecule has 1 rings (SSSR count). The number of aryl methyl sites for hydroxylation is 1. The van der Waals surface area contributed by atoms with E-state index in [1.54, 1.807) is 0 Å². The summed E-state index contributed by atoms with van der Waals surface area (Å²) in [7, 11) is 0. The Morgan fingerprint density at radius 1 is 1.43 bits per heavy atom. The standard InChI is InChI=1S/C8H10F3NO.ClH/c1-5-6(2-3-12)7(4-13-5)8(9,10)11;/h4H,2-3,12H2,1H3;1H. The molecule has 0 saturated heterocycles. The fraction of sp³-hybridized carbons (Fsp3) is 0.500. The lowest BCUT2D eigenvalue weighted by molar-refractivity contribution is -0.138. The molecule has 0 fully saturated rings. The van der Waals surface area contributed by atoms with Gasteiger partial charge < -0.3 is 10.2 Å². The summed E-state index contributed by atoms with van der Waals surface area (Å²) in [5.74, 6) is 0.290. The molecule has 0 atom stereocenters. The van der Waals surface area contributed by atoms with Gasteiger partial charge in [-0.1, -0.05) is 0 Å². The van der Waals surface area contributed by atoms with Crippen LogP contribution >= 0.6 is 12.4 Å². The molecule has 1 aromatic heterocycles. The summed E-state index contributed by atoms with van der Waals surface area (Å²) in [4.78, 5) is 0. The summed E-state index contributed by atoms with van der Waals surface area (Å²) in [6, 6.07) is 0. The van der Waals surface area contributed by atoms with Crippen LogP contribution in [0.25, 0.3) is 0 Å². The van der Waals surface area contributed by atoms with E-state index >= 15 is 0 Å². The average Bonchev–Trinajstić information content (AvgIpc) is 2.32. The summed E-state index contributed by atoms with van der Waals surface area (Å²) in [5.41, 5.74) is 4.64. The van der Waals surface area contributed by atoms with Crippen LogP contribution < -0.4 is 5.73 Å². The first kappa shape index (κ1) is 13.3. The van der Waals surface area contributed by atoms with E-state index in [0.29, 0.717) is 0 Å². The van der Waals surface area contributed by atoms with E-state index in [1.807, 2.05) is 0 Å². The second kappa shape index (κ2) is 4.70. The van der Waals surface area contributed by atoms with E-state index in [0.717, 1.165) is 6.26 Å². The molecule has 1 aromatic rings. The summed E-state index contributed by atoms with van der Waals surface area (Å²) >= 11 is 0. The zero-order valence-corrected chi connectivity index (χ0v) is 8.34. The third kappa shape index (κ3) is 2.65. The Hall–Kier alpha value is -0.680. The number of alkyl halides is 3. The van der Waals surface area contributed by atoms with Crippen LogP contribution in [0.1, 0.15) is 16.9 Å². The summed E-state index contributed by atoms with van der Waals surface area (Å²) in [5, 5.41) is 0. The van der Waals surface area contributed by atoms with E-state index in [2.05, 4.69) is 0 Å². The third-order valence-corrected chi connectivity index (χ3v) is 1.80. The van der Waals surface area contributed by atoms with Gasteiger partial charge in [0, 0.05) is 5.56 Å². The van der Waals surface area contributed by atoms with Crippen molar-refractivity contribution in [3.63, 3.8) is 0 Å². The predicted molar refractivity (Wildman–Crippen MR) is 48.5 cm³/mol. The molecule has 0 aliphatic rings. The Morgan fingerprint density at radius 3 is 2.43 bits per heavy atom. The first-order chi connectivity index (χ1) is 5.96. The zero-order chi connectivity index (χ0) is 10.1. The molecule has 0 amide bonds. The van der Waals surface area contributed by atoms with Gasteiger partial charge in [0.25, 0.3) is 0 Å². The van der Waals surface area contributed by atoms with Crippen LogP contribution in [0.2, 0.25) is 0 Å². The van der Waals surface area contributed by atoms with Crippen LogP contribution in [0.5, 0.6) is 0 Å². The molecule has 6 heteroatoms. The minimum Gasteiger partial charge on any atom is -0.469 e. The van der Waals surface area contributed by atoms with Crippen molar-refractivity contribution in [3.05, 3.63) is 23.2 Å². The molecular formula is C8H11ClF3NO. The van der Waals surface area contributed by atoms with Crippen LogP contribution in [-0.2, 0) is 12.6 Å². The van der Waals surface area contributed by atoms with Crippen LogP contribution in [0.3, 0.4) is 0 Å². The monoisotopic (exact) mass is 229 g/mol. The maximum Gasteiger partial charge on any atom is 0.419 e. The highest BCUT2D eigenvalue weighted by atomic mass is 35.5. The van der Waals surface area contributed by atoms with Crippen molar-refractivity contribution in [2.24, 2.45) is 5.73 Å². The molecule has 0 radical (unpaired) electrons. The highest BCUT2D eigenvalue weighted by molar-refractivity contribution is 5.85. The minimum absolute atomic E-state index is 0. The van der Waals surface area contributed by atoms with Gasteiger partial charge >= 0.3 is 6.18 Å². The molecule has 0 aromatic carbocycles. The fourth-order valence-corrected chi connectivity index (χ4v) is 1.17. The molecule has 0 spiro atoms. The quantitative estimate of drug-likeness (QED) is 0.847. The van der Waals surface area contributed by atoms with Gasteiger partial charge in [0.1, 0.15) is 12.0 Å². The molecule has 0 bridgehead atoms. The Labute approximate surface area is 85.7 Å². The molecule has 0 aliphatic carbocycles. The smallest absolute Gasteiger partial charge is 0.419 e. The maximum atomic E-state index is 12.3. The van der Waals surface area contributed by atoms with Gasteiger partial charge in [0.2, 0.25) is 0 Å². The van der Waals surface area contributed by atoms with Gasteiger partial charge in [-0.25, -0.2) is 0 Å². The van der Waals surface area contributed by atoms with E-state index in [1.165, 1.54) is 6.92 Å². The van der Waals surface area contributed by atoms with E-state index in [9.17, 15) is 13.2 Å². The van der Waals surface area contributed by atoms with E-state index in [4.69, 9.17) is 10.2 Å². The van der Waals surface area contributed by atoms with Crippen LogP contribution in [0, 0.1) is 6.92 Å². The van der Waals surface area contributed by atoms with Crippen molar-refractivity contribution in [1.29, 1.82) is 0 Å². The Morgan fingerprint density at radius 2 is 2.00 bits per heavy atom. The maximum absolute atomic E-state index is 12.3. The average molecular weight is 230 g/mol. The predicted octanol–water partition coefficient (Wildman–Crippen LogP) is 2.53. The Kier molecular flexibility index (Phi) is 4.48. The van der Waals surface area contributed by atoms with Crippen molar-refractivity contribution in [2.45, 2.75) is 19.5 Å². The van der Waals surface area contributed by atoms with Gasteiger partial charge in [0.15, 0.2) is 0 Å². The number of rotatable bonds is 2. The Balaban J connectivity index is 0.00000169. The number of hydrogen-bond donors (Lipinski definition) is 1. The summed E-state index contributed by atoms with van der Waals surface area (Å²) in [6.07, 6.45) is -3.42. The lowest BCUT2D eigenvalue weighted by Crippen LogP contribution is -2.11. The summed E-state index contributed by atoms with van der Waals surface area (Å²) < 4.78 is 41.6. The fourth-order valence-electron chi connectivity index (χ4n) is 1.17. The second-order valence-electron chi connectivity index (χ2n) is 2.72. The van der Waals surface area contributed by atoms with Gasteiger partial charge in [-0.15, -0.1) is 12.4 Å². The SMILES string of the molecule is Cc1occ(C(F)(F)F)c1CCN.Cl. The molecule has 2 N–H and O–H groups in total. The molecule has 2 nitrogen and oxygen atoms in total.